The predicted octanol–water partition coefficient (Wildman–Crippen LogP) is 2.97. The van der Waals surface area contributed by atoms with E-state index in [2.05, 4.69) is 10.9 Å². The Balaban J connectivity index is 1.56. The lowest BCUT2D eigenvalue weighted by molar-refractivity contribution is -0.132. The molecule has 6 heteroatoms. The quantitative estimate of drug-likeness (QED) is 0.559. The summed E-state index contributed by atoms with van der Waals surface area (Å²) in [6.07, 6.45) is 6.10. The number of ether oxygens (including phenoxy) is 2. The van der Waals surface area contributed by atoms with Crippen LogP contribution in [0, 0.1) is 5.92 Å². The highest BCUT2D eigenvalue weighted by Crippen LogP contribution is 2.23. The van der Waals surface area contributed by atoms with E-state index in [4.69, 9.17) is 9.47 Å². The largest absolute Gasteiger partial charge is 0.494 e. The van der Waals surface area contributed by atoms with Gasteiger partial charge in [0, 0.05) is 12.3 Å². The highest BCUT2D eigenvalue weighted by molar-refractivity contribution is 5.83. The summed E-state index contributed by atoms with van der Waals surface area (Å²) in [6, 6.07) is 7.39. The van der Waals surface area contributed by atoms with E-state index in [1.807, 2.05) is 31.2 Å². The van der Waals surface area contributed by atoms with Crippen molar-refractivity contribution in [3.63, 3.8) is 0 Å². The minimum Gasteiger partial charge on any atom is -0.494 e. The van der Waals surface area contributed by atoms with Crippen LogP contribution in [0.25, 0.3) is 0 Å². The van der Waals surface area contributed by atoms with Crippen LogP contribution >= 0.6 is 0 Å². The van der Waals surface area contributed by atoms with Crippen molar-refractivity contribution in [2.45, 2.75) is 51.9 Å². The van der Waals surface area contributed by atoms with Crippen molar-refractivity contribution in [1.29, 1.82) is 0 Å². The standard InChI is InChI=1S/C19H28N2O4/c1-2-24-16-10-12-17(13-11-16)25-14-6-9-18(22)20-21-19(23)15-7-4-3-5-8-15/h10-13,15H,2-9,14H2,1H3,(H,20,22)(H,21,23). The molecule has 0 unspecified atom stereocenters. The molecule has 0 aromatic heterocycles. The molecule has 6 nitrogen and oxygen atoms in total. The van der Waals surface area contributed by atoms with Gasteiger partial charge in [-0.15, -0.1) is 0 Å². The van der Waals surface area contributed by atoms with E-state index in [1.165, 1.54) is 6.42 Å². The second-order valence-corrected chi connectivity index (χ2v) is 6.23. The van der Waals surface area contributed by atoms with Crippen LogP contribution in [0.1, 0.15) is 51.9 Å². The van der Waals surface area contributed by atoms with Gasteiger partial charge in [-0.05, 0) is 50.5 Å². The first-order valence-corrected chi connectivity index (χ1v) is 9.13. The molecule has 2 amide bonds. The summed E-state index contributed by atoms with van der Waals surface area (Å²) in [6.45, 7) is 3.01. The van der Waals surface area contributed by atoms with Gasteiger partial charge in [0.2, 0.25) is 11.8 Å². The minimum atomic E-state index is -0.195. The van der Waals surface area contributed by atoms with Crippen LogP contribution in [-0.2, 0) is 9.59 Å². The molecule has 138 valence electrons. The molecule has 1 aromatic rings. The summed E-state index contributed by atoms with van der Waals surface area (Å²) >= 11 is 0. The molecule has 1 fully saturated rings. The Kier molecular flexibility index (Phi) is 8.09. The Morgan fingerprint density at radius 3 is 2.28 bits per heavy atom. The highest BCUT2D eigenvalue weighted by atomic mass is 16.5. The first-order chi connectivity index (χ1) is 12.2. The molecule has 0 radical (unpaired) electrons. The van der Waals surface area contributed by atoms with Gasteiger partial charge in [0.25, 0.3) is 0 Å². The molecule has 25 heavy (non-hydrogen) atoms. The molecular weight excluding hydrogens is 320 g/mol. The molecule has 1 aromatic carbocycles. The van der Waals surface area contributed by atoms with Gasteiger partial charge in [-0.25, -0.2) is 0 Å². The second kappa shape index (κ2) is 10.6. The first kappa shape index (κ1) is 19.1. The van der Waals surface area contributed by atoms with E-state index in [9.17, 15) is 9.59 Å². The van der Waals surface area contributed by atoms with Crippen LogP contribution in [0.2, 0.25) is 0 Å². The molecule has 2 rings (SSSR count). The highest BCUT2D eigenvalue weighted by Gasteiger charge is 2.21. The molecule has 1 aliphatic rings. The lowest BCUT2D eigenvalue weighted by Crippen LogP contribution is -2.44. The molecule has 1 saturated carbocycles. The third-order valence-electron chi connectivity index (χ3n) is 4.25. The molecular formula is C19H28N2O4. The number of rotatable bonds is 8. The van der Waals surface area contributed by atoms with Gasteiger partial charge >= 0.3 is 0 Å². The fourth-order valence-electron chi connectivity index (χ4n) is 2.88. The van der Waals surface area contributed by atoms with Crippen molar-refractivity contribution in [1.82, 2.24) is 10.9 Å². The Labute approximate surface area is 149 Å². The summed E-state index contributed by atoms with van der Waals surface area (Å²) in [5.41, 5.74) is 5.03. The molecule has 0 aliphatic heterocycles. The number of hydrazine groups is 1. The Hall–Kier alpha value is -2.24. The maximum atomic E-state index is 11.9. The smallest absolute Gasteiger partial charge is 0.241 e. The van der Waals surface area contributed by atoms with Gasteiger partial charge in [-0.2, -0.15) is 0 Å². The Morgan fingerprint density at radius 1 is 1.00 bits per heavy atom. The molecule has 0 saturated heterocycles. The number of carbonyl (C=O) groups is 2. The average Bonchev–Trinajstić information content (AvgIpc) is 2.65. The zero-order chi connectivity index (χ0) is 17.9. The maximum absolute atomic E-state index is 11.9. The van der Waals surface area contributed by atoms with Crippen molar-refractivity contribution in [3.8, 4) is 11.5 Å². The molecule has 0 bridgehead atoms. The lowest BCUT2D eigenvalue weighted by atomic mass is 9.89. The van der Waals surface area contributed by atoms with Crippen molar-refractivity contribution in [3.05, 3.63) is 24.3 Å². The minimum absolute atomic E-state index is 0.0389. The number of hydrogen-bond donors (Lipinski definition) is 2. The van der Waals surface area contributed by atoms with Gasteiger partial charge in [-0.3, -0.25) is 20.4 Å². The molecule has 0 atom stereocenters. The monoisotopic (exact) mass is 348 g/mol. The summed E-state index contributed by atoms with van der Waals surface area (Å²) in [4.78, 5) is 23.7. The van der Waals surface area contributed by atoms with Crippen molar-refractivity contribution in [2.24, 2.45) is 5.92 Å². The van der Waals surface area contributed by atoms with Crippen LogP contribution in [0.15, 0.2) is 24.3 Å². The SMILES string of the molecule is CCOc1ccc(OCCCC(=O)NNC(=O)C2CCCCC2)cc1. The number of benzene rings is 1. The lowest BCUT2D eigenvalue weighted by Gasteiger charge is -2.20. The zero-order valence-electron chi connectivity index (χ0n) is 14.9. The Bertz CT molecular complexity index is 539. The number of hydrogen-bond acceptors (Lipinski definition) is 4. The van der Waals surface area contributed by atoms with E-state index in [1.54, 1.807) is 0 Å². The molecule has 2 N–H and O–H groups in total. The third-order valence-corrected chi connectivity index (χ3v) is 4.25. The van der Waals surface area contributed by atoms with Crippen molar-refractivity contribution < 1.29 is 19.1 Å². The van der Waals surface area contributed by atoms with E-state index >= 15 is 0 Å². The maximum Gasteiger partial charge on any atom is 0.241 e. The van der Waals surface area contributed by atoms with Gasteiger partial charge in [0.15, 0.2) is 0 Å². The van der Waals surface area contributed by atoms with Crippen molar-refractivity contribution >= 4 is 11.8 Å². The van der Waals surface area contributed by atoms with Gasteiger partial charge in [0.05, 0.1) is 13.2 Å². The predicted molar refractivity (Wildman–Crippen MR) is 95.2 cm³/mol. The van der Waals surface area contributed by atoms with E-state index in [0.29, 0.717) is 26.1 Å². The summed E-state index contributed by atoms with van der Waals surface area (Å²) in [5.74, 6) is 1.33. The van der Waals surface area contributed by atoms with Crippen LogP contribution in [0.3, 0.4) is 0 Å². The first-order valence-electron chi connectivity index (χ1n) is 9.13. The number of amides is 2. The summed E-state index contributed by atoms with van der Waals surface area (Å²) in [7, 11) is 0. The van der Waals surface area contributed by atoms with E-state index < -0.39 is 0 Å². The summed E-state index contributed by atoms with van der Waals surface area (Å²) < 4.78 is 11.0. The second-order valence-electron chi connectivity index (χ2n) is 6.23. The van der Waals surface area contributed by atoms with E-state index in [-0.39, 0.29) is 17.7 Å². The van der Waals surface area contributed by atoms with Crippen LogP contribution in [0.4, 0.5) is 0 Å². The van der Waals surface area contributed by atoms with Gasteiger partial charge < -0.3 is 9.47 Å². The fourth-order valence-corrected chi connectivity index (χ4v) is 2.88. The Morgan fingerprint density at radius 2 is 1.64 bits per heavy atom. The van der Waals surface area contributed by atoms with Gasteiger partial charge in [-0.1, -0.05) is 19.3 Å². The third kappa shape index (κ3) is 7.03. The van der Waals surface area contributed by atoms with Gasteiger partial charge in [0.1, 0.15) is 11.5 Å². The zero-order valence-corrected chi connectivity index (χ0v) is 14.9. The van der Waals surface area contributed by atoms with E-state index in [0.717, 1.165) is 37.2 Å². The number of carbonyl (C=O) groups excluding carboxylic acids is 2. The molecule has 0 spiro atoms. The number of nitrogens with one attached hydrogen (secondary N) is 2. The van der Waals surface area contributed by atoms with Crippen LogP contribution in [-0.4, -0.2) is 25.0 Å². The normalized spacial score (nSPS) is 14.6. The fraction of sp³-hybridized carbons (Fsp3) is 0.579. The average molecular weight is 348 g/mol. The van der Waals surface area contributed by atoms with Crippen LogP contribution in [0.5, 0.6) is 11.5 Å². The topological polar surface area (TPSA) is 76.7 Å². The van der Waals surface area contributed by atoms with Crippen LogP contribution < -0.4 is 20.3 Å². The van der Waals surface area contributed by atoms with Crippen molar-refractivity contribution in [2.75, 3.05) is 13.2 Å². The molecule has 1 aliphatic carbocycles. The molecule has 0 heterocycles. The summed E-state index contributed by atoms with van der Waals surface area (Å²) in [5, 5.41) is 0.